The van der Waals surface area contributed by atoms with Crippen molar-refractivity contribution in [1.82, 2.24) is 14.0 Å². The first-order valence-electron chi connectivity index (χ1n) is 9.69. The Morgan fingerprint density at radius 3 is 2.29 bits per heavy atom. The number of nitrogens with zero attached hydrogens (tertiary/aromatic N) is 5. The minimum Gasteiger partial charge on any atom is -0.308 e. The summed E-state index contributed by atoms with van der Waals surface area (Å²) in [6.45, 7) is 10.7. The third-order valence-corrected chi connectivity index (χ3v) is 5.92. The Hall–Kier alpha value is -2.95. The first-order chi connectivity index (χ1) is 13.2. The fourth-order valence-corrected chi connectivity index (χ4v) is 4.30. The van der Waals surface area contributed by atoms with E-state index >= 15 is 0 Å². The van der Waals surface area contributed by atoms with Crippen LogP contribution in [0.25, 0.3) is 28.6 Å². The van der Waals surface area contributed by atoms with Crippen LogP contribution in [-0.2, 0) is 21.1 Å². The van der Waals surface area contributed by atoms with Crippen LogP contribution in [-0.4, -0.2) is 14.0 Å². The topological polar surface area (TPSA) is 30.0 Å². The van der Waals surface area contributed by atoms with E-state index in [1.54, 1.807) is 0 Å². The minimum absolute atomic E-state index is 0.979. The highest BCUT2D eigenvalue weighted by molar-refractivity contribution is 5.64. The molecule has 0 aromatic carbocycles. The van der Waals surface area contributed by atoms with Gasteiger partial charge >= 0.3 is 0 Å². The van der Waals surface area contributed by atoms with Crippen molar-refractivity contribution in [3.8, 4) is 22.8 Å². The second-order valence-electron chi connectivity index (χ2n) is 7.99. The highest BCUT2D eigenvalue weighted by Crippen LogP contribution is 2.28. The van der Waals surface area contributed by atoms with Crippen LogP contribution >= 0.6 is 0 Å². The third kappa shape index (κ3) is 2.57. The van der Waals surface area contributed by atoms with E-state index in [4.69, 9.17) is 4.98 Å². The fraction of sp³-hybridized carbons (Fsp3) is 0.348. The van der Waals surface area contributed by atoms with Crippen LogP contribution in [0.3, 0.4) is 0 Å². The molecule has 0 amide bonds. The molecule has 0 aliphatic heterocycles. The Balaban J connectivity index is 2.04. The van der Waals surface area contributed by atoms with Crippen LogP contribution in [0.15, 0.2) is 30.6 Å². The molecule has 0 radical (unpaired) electrons. The molecule has 4 rings (SSSR count). The van der Waals surface area contributed by atoms with E-state index in [1.165, 1.54) is 45.2 Å². The Kier molecular flexibility index (Phi) is 4.14. The smallest absolute Gasteiger partial charge is 0.280 e. The maximum atomic E-state index is 4.75. The van der Waals surface area contributed by atoms with E-state index < -0.39 is 0 Å². The number of hydrogen-bond acceptors (Lipinski definition) is 1. The van der Waals surface area contributed by atoms with Crippen LogP contribution in [0.1, 0.15) is 28.1 Å². The van der Waals surface area contributed by atoms with Gasteiger partial charge in [0.1, 0.15) is 19.8 Å². The number of hydrogen-bond donors (Lipinski definition) is 0. The van der Waals surface area contributed by atoms with Crippen molar-refractivity contribution in [2.24, 2.45) is 21.1 Å². The van der Waals surface area contributed by atoms with Crippen molar-refractivity contribution in [2.75, 3.05) is 0 Å². The van der Waals surface area contributed by atoms with Crippen molar-refractivity contribution >= 4 is 5.78 Å². The summed E-state index contributed by atoms with van der Waals surface area (Å²) >= 11 is 0. The van der Waals surface area contributed by atoms with Crippen molar-refractivity contribution < 1.29 is 9.13 Å². The van der Waals surface area contributed by atoms with E-state index in [0.717, 1.165) is 11.5 Å². The molecular weight excluding hydrogens is 346 g/mol. The normalized spacial score (nSPS) is 11.6. The Morgan fingerprint density at radius 1 is 0.929 bits per heavy atom. The Bertz CT molecular complexity index is 1240. The van der Waals surface area contributed by atoms with Crippen LogP contribution in [0.2, 0.25) is 0 Å². The summed E-state index contributed by atoms with van der Waals surface area (Å²) < 4.78 is 8.91. The maximum Gasteiger partial charge on any atom is 0.280 e. The average Bonchev–Trinajstić information content (AvgIpc) is 3.08. The molecular formula is C23H29N5+2. The first kappa shape index (κ1) is 18.4. The molecule has 0 fully saturated rings. The number of fused-ring (bicyclic) bond motifs is 1. The number of imidazole rings is 2. The number of pyridine rings is 2. The molecule has 0 N–H and O–H groups in total. The molecule has 28 heavy (non-hydrogen) atoms. The first-order valence-corrected chi connectivity index (χ1v) is 9.69. The molecule has 4 aromatic heterocycles. The Labute approximate surface area is 166 Å². The molecule has 0 unspecified atom stereocenters. The number of aromatic nitrogens is 5. The molecule has 0 aliphatic carbocycles. The summed E-state index contributed by atoms with van der Waals surface area (Å²) in [5.41, 5.74) is 10.9. The van der Waals surface area contributed by atoms with Crippen LogP contribution in [0.4, 0.5) is 0 Å². The van der Waals surface area contributed by atoms with Gasteiger partial charge in [0.2, 0.25) is 11.5 Å². The standard InChI is InChI=1S/C23H29N5/c1-14-9-10-25(6)19(11-14)21-15(2)12-16(3)22(27(21)8)20-13-28-18(5)17(4)24-23(28)26(20)7/h9-13H,1-8H3/q+2. The van der Waals surface area contributed by atoms with Gasteiger partial charge in [-0.05, 0) is 46.2 Å². The summed E-state index contributed by atoms with van der Waals surface area (Å²) in [7, 11) is 6.37. The minimum atomic E-state index is 0.979. The van der Waals surface area contributed by atoms with Gasteiger partial charge in [-0.15, -0.1) is 0 Å². The summed E-state index contributed by atoms with van der Waals surface area (Å²) in [6.07, 6.45) is 4.34. The lowest BCUT2D eigenvalue weighted by molar-refractivity contribution is -0.685. The zero-order valence-corrected chi connectivity index (χ0v) is 18.1. The summed E-state index contributed by atoms with van der Waals surface area (Å²) in [5.74, 6) is 0.979. The van der Waals surface area contributed by atoms with Gasteiger partial charge in [0, 0.05) is 42.2 Å². The molecule has 5 heteroatoms. The van der Waals surface area contributed by atoms with Gasteiger partial charge in [-0.1, -0.05) is 0 Å². The van der Waals surface area contributed by atoms with Crippen LogP contribution in [0, 0.1) is 34.6 Å². The summed E-state index contributed by atoms with van der Waals surface area (Å²) in [4.78, 5) is 4.75. The van der Waals surface area contributed by atoms with Crippen molar-refractivity contribution in [1.29, 1.82) is 0 Å². The van der Waals surface area contributed by atoms with Gasteiger partial charge in [0.15, 0.2) is 6.20 Å². The monoisotopic (exact) mass is 375 g/mol. The summed E-state index contributed by atoms with van der Waals surface area (Å²) in [5, 5.41) is 0. The SMILES string of the molecule is Cc1cc[n+](C)c(-c2c(C)cc(C)c(-c3cn4c(C)c(C)nc4n3C)[n+]2C)c1. The molecule has 4 heterocycles. The second-order valence-corrected chi connectivity index (χ2v) is 7.99. The van der Waals surface area contributed by atoms with E-state index in [0.29, 0.717) is 0 Å². The van der Waals surface area contributed by atoms with Gasteiger partial charge in [0.05, 0.1) is 5.69 Å². The lowest BCUT2D eigenvalue weighted by atomic mass is 10.0. The predicted molar refractivity (Wildman–Crippen MR) is 111 cm³/mol. The maximum absolute atomic E-state index is 4.75. The van der Waals surface area contributed by atoms with Crippen molar-refractivity contribution in [3.63, 3.8) is 0 Å². The molecule has 0 spiro atoms. The molecule has 0 aliphatic rings. The fourth-order valence-electron chi connectivity index (χ4n) is 4.30. The number of rotatable bonds is 2. The van der Waals surface area contributed by atoms with E-state index in [1.807, 2.05) is 0 Å². The zero-order valence-electron chi connectivity index (χ0n) is 18.1. The number of aryl methyl sites for hydroxylation is 7. The summed E-state index contributed by atoms with van der Waals surface area (Å²) in [6, 6.07) is 6.69. The van der Waals surface area contributed by atoms with E-state index in [2.05, 4.69) is 104 Å². The van der Waals surface area contributed by atoms with Gasteiger partial charge < -0.3 is 4.57 Å². The molecule has 144 valence electrons. The molecule has 0 saturated heterocycles. The second kappa shape index (κ2) is 6.30. The Morgan fingerprint density at radius 2 is 1.61 bits per heavy atom. The van der Waals surface area contributed by atoms with Gasteiger partial charge in [-0.3, -0.25) is 4.40 Å². The molecule has 0 bridgehead atoms. The molecule has 5 nitrogen and oxygen atoms in total. The van der Waals surface area contributed by atoms with E-state index in [9.17, 15) is 0 Å². The van der Waals surface area contributed by atoms with Gasteiger partial charge in [-0.25, -0.2) is 4.98 Å². The van der Waals surface area contributed by atoms with Crippen LogP contribution < -0.4 is 9.13 Å². The molecule has 0 saturated carbocycles. The largest absolute Gasteiger partial charge is 0.308 e. The van der Waals surface area contributed by atoms with Gasteiger partial charge in [-0.2, -0.15) is 9.13 Å². The predicted octanol–water partition coefficient (Wildman–Crippen LogP) is 3.20. The highest BCUT2D eigenvalue weighted by atomic mass is 15.2. The highest BCUT2D eigenvalue weighted by Gasteiger charge is 2.29. The lowest BCUT2D eigenvalue weighted by Crippen LogP contribution is -2.41. The zero-order chi connectivity index (χ0) is 20.3. The molecule has 4 aromatic rings. The van der Waals surface area contributed by atoms with E-state index in [-0.39, 0.29) is 0 Å². The third-order valence-electron chi connectivity index (χ3n) is 5.92. The van der Waals surface area contributed by atoms with Gasteiger partial charge in [0.25, 0.3) is 11.4 Å². The quantitative estimate of drug-likeness (QED) is 0.495. The van der Waals surface area contributed by atoms with Crippen LogP contribution in [0.5, 0.6) is 0 Å². The average molecular weight is 376 g/mol. The lowest BCUT2D eigenvalue weighted by Gasteiger charge is -2.11. The molecule has 0 atom stereocenters. The van der Waals surface area contributed by atoms with Crippen molar-refractivity contribution in [3.05, 3.63) is 58.7 Å². The van der Waals surface area contributed by atoms with Crippen molar-refractivity contribution in [2.45, 2.75) is 34.6 Å².